The van der Waals surface area contributed by atoms with E-state index in [0.717, 1.165) is 16.7 Å². The van der Waals surface area contributed by atoms with Gasteiger partial charge >= 0.3 is 6.03 Å². The molecule has 126 valence electrons. The second kappa shape index (κ2) is 7.59. The maximum Gasteiger partial charge on any atom is 0.319 e. The van der Waals surface area contributed by atoms with Crippen LogP contribution in [-0.2, 0) is 0 Å². The molecular formula is C20H19N3O2. The fraction of sp³-hybridized carbons (Fsp3) is 0.100. The number of hydrogen-bond donors (Lipinski definition) is 2. The Labute approximate surface area is 146 Å². The molecular weight excluding hydrogens is 314 g/mol. The maximum absolute atomic E-state index is 12.1. The highest BCUT2D eigenvalue weighted by Gasteiger charge is 2.24. The van der Waals surface area contributed by atoms with E-state index in [-0.39, 0.29) is 6.61 Å². The highest BCUT2D eigenvalue weighted by molar-refractivity contribution is 5.92. The number of aliphatic hydroxyl groups excluding tert-OH is 1. The lowest BCUT2D eigenvalue weighted by Gasteiger charge is -2.29. The highest BCUT2D eigenvalue weighted by atomic mass is 16.3. The number of nitrogens with two attached hydrogens (primary N) is 1. The largest absolute Gasteiger partial charge is 0.394 e. The summed E-state index contributed by atoms with van der Waals surface area (Å²) in [4.78, 5) is 17.5. The number of hydrogen-bond acceptors (Lipinski definition) is 3. The lowest BCUT2D eigenvalue weighted by atomic mass is 10.0. The molecule has 3 N–H and O–H groups in total. The van der Waals surface area contributed by atoms with E-state index >= 15 is 0 Å². The molecule has 0 aliphatic carbocycles. The van der Waals surface area contributed by atoms with Crippen LogP contribution in [0.1, 0.15) is 11.6 Å². The molecule has 0 radical (unpaired) electrons. The second-order valence-corrected chi connectivity index (χ2v) is 5.60. The van der Waals surface area contributed by atoms with E-state index in [1.165, 1.54) is 4.90 Å². The van der Waals surface area contributed by atoms with Gasteiger partial charge in [-0.3, -0.25) is 9.88 Å². The minimum atomic E-state index is -0.612. The Kier molecular flexibility index (Phi) is 5.06. The average molecular weight is 333 g/mol. The molecule has 2 aromatic carbocycles. The van der Waals surface area contributed by atoms with Crippen LogP contribution in [0.3, 0.4) is 0 Å². The van der Waals surface area contributed by atoms with E-state index in [2.05, 4.69) is 4.98 Å². The van der Waals surface area contributed by atoms with Crippen molar-refractivity contribution in [3.63, 3.8) is 0 Å². The molecule has 0 aliphatic heterocycles. The number of aromatic nitrogens is 1. The molecule has 1 heterocycles. The van der Waals surface area contributed by atoms with E-state index < -0.39 is 12.1 Å². The van der Waals surface area contributed by atoms with E-state index in [4.69, 9.17) is 5.73 Å². The quantitative estimate of drug-likeness (QED) is 0.751. The molecule has 1 unspecified atom stereocenters. The van der Waals surface area contributed by atoms with Crippen LogP contribution in [0.25, 0.3) is 11.1 Å². The van der Waals surface area contributed by atoms with Gasteiger partial charge in [-0.25, -0.2) is 4.79 Å². The van der Waals surface area contributed by atoms with Gasteiger partial charge in [0.25, 0.3) is 0 Å². The predicted octanol–water partition coefficient (Wildman–Crippen LogP) is 3.37. The van der Waals surface area contributed by atoms with Crippen LogP contribution in [-0.4, -0.2) is 22.7 Å². The minimum Gasteiger partial charge on any atom is -0.394 e. The van der Waals surface area contributed by atoms with Gasteiger partial charge in [-0.15, -0.1) is 0 Å². The molecule has 1 atom stereocenters. The third-order valence-electron chi connectivity index (χ3n) is 4.07. The monoisotopic (exact) mass is 333 g/mol. The lowest BCUT2D eigenvalue weighted by molar-refractivity contribution is 0.236. The van der Waals surface area contributed by atoms with Crippen molar-refractivity contribution in [3.8, 4) is 11.1 Å². The summed E-state index contributed by atoms with van der Waals surface area (Å²) in [5.41, 5.74) is 9.10. The fourth-order valence-electron chi connectivity index (χ4n) is 2.83. The van der Waals surface area contributed by atoms with Crippen molar-refractivity contribution in [1.82, 2.24) is 4.98 Å². The molecule has 5 heteroatoms. The van der Waals surface area contributed by atoms with Crippen molar-refractivity contribution in [3.05, 3.63) is 84.7 Å². The zero-order valence-electron chi connectivity index (χ0n) is 13.6. The van der Waals surface area contributed by atoms with Crippen molar-refractivity contribution in [1.29, 1.82) is 0 Å². The second-order valence-electron chi connectivity index (χ2n) is 5.60. The van der Waals surface area contributed by atoms with Gasteiger partial charge in [0.15, 0.2) is 0 Å². The number of aliphatic hydroxyl groups is 1. The number of amides is 2. The third kappa shape index (κ3) is 3.67. The highest BCUT2D eigenvalue weighted by Crippen LogP contribution is 2.29. The van der Waals surface area contributed by atoms with Gasteiger partial charge < -0.3 is 10.8 Å². The number of urea groups is 1. The summed E-state index contributed by atoms with van der Waals surface area (Å²) in [5.74, 6) is 0. The molecule has 1 aromatic heterocycles. The van der Waals surface area contributed by atoms with Gasteiger partial charge in [-0.1, -0.05) is 42.5 Å². The first-order valence-electron chi connectivity index (χ1n) is 7.95. The molecule has 2 amide bonds. The summed E-state index contributed by atoms with van der Waals surface area (Å²) < 4.78 is 0. The maximum atomic E-state index is 12.1. The van der Waals surface area contributed by atoms with Gasteiger partial charge in [0.05, 0.1) is 12.6 Å². The predicted molar refractivity (Wildman–Crippen MR) is 98.0 cm³/mol. The first-order chi connectivity index (χ1) is 12.2. The Balaban J connectivity index is 1.94. The van der Waals surface area contributed by atoms with E-state index in [9.17, 15) is 9.90 Å². The zero-order chi connectivity index (χ0) is 17.6. The van der Waals surface area contributed by atoms with Crippen molar-refractivity contribution < 1.29 is 9.90 Å². The Morgan fingerprint density at radius 2 is 1.56 bits per heavy atom. The molecule has 0 saturated carbocycles. The minimum absolute atomic E-state index is 0.223. The molecule has 0 saturated heterocycles. The number of benzene rings is 2. The number of carbonyl (C=O) groups excluding carboxylic acids is 1. The first-order valence-corrected chi connectivity index (χ1v) is 7.95. The van der Waals surface area contributed by atoms with Crippen molar-refractivity contribution in [2.45, 2.75) is 6.04 Å². The summed E-state index contributed by atoms with van der Waals surface area (Å²) in [6, 6.07) is 19.5. The molecule has 0 spiro atoms. The van der Waals surface area contributed by atoms with Crippen LogP contribution in [0.2, 0.25) is 0 Å². The smallest absolute Gasteiger partial charge is 0.319 e. The van der Waals surface area contributed by atoms with Crippen LogP contribution in [0.4, 0.5) is 10.5 Å². The van der Waals surface area contributed by atoms with Gasteiger partial charge in [0.2, 0.25) is 0 Å². The van der Waals surface area contributed by atoms with E-state index in [1.807, 2.05) is 66.7 Å². The summed E-state index contributed by atoms with van der Waals surface area (Å²) in [5, 5.41) is 9.84. The number of primary amides is 1. The van der Waals surface area contributed by atoms with Gasteiger partial charge in [-0.2, -0.15) is 0 Å². The van der Waals surface area contributed by atoms with Gasteiger partial charge in [0.1, 0.15) is 0 Å². The fourth-order valence-corrected chi connectivity index (χ4v) is 2.83. The Morgan fingerprint density at radius 1 is 0.960 bits per heavy atom. The molecule has 25 heavy (non-hydrogen) atoms. The molecule has 3 aromatic rings. The lowest BCUT2D eigenvalue weighted by Crippen LogP contribution is -2.40. The van der Waals surface area contributed by atoms with Gasteiger partial charge in [0, 0.05) is 18.1 Å². The van der Waals surface area contributed by atoms with E-state index in [1.54, 1.807) is 12.4 Å². The number of anilines is 1. The molecule has 0 bridgehead atoms. The Morgan fingerprint density at radius 3 is 2.12 bits per heavy atom. The first kappa shape index (κ1) is 16.7. The number of rotatable bonds is 5. The van der Waals surface area contributed by atoms with Crippen molar-refractivity contribution in [2.24, 2.45) is 5.73 Å². The standard InChI is InChI=1S/C20H19N3O2/c21-20(25)23(19(14-24)17-4-2-1-3-5-17)18-8-6-15(7-9-18)16-10-12-22-13-11-16/h1-13,19,24H,14H2,(H2,21,25). The normalized spacial score (nSPS) is 11.7. The number of carbonyl (C=O) groups is 1. The van der Waals surface area contributed by atoms with Crippen LogP contribution in [0.5, 0.6) is 0 Å². The molecule has 0 fully saturated rings. The summed E-state index contributed by atoms with van der Waals surface area (Å²) in [6.07, 6.45) is 3.46. The van der Waals surface area contributed by atoms with Crippen LogP contribution in [0, 0.1) is 0 Å². The molecule has 5 nitrogen and oxygen atoms in total. The van der Waals surface area contributed by atoms with Crippen LogP contribution >= 0.6 is 0 Å². The van der Waals surface area contributed by atoms with E-state index in [0.29, 0.717) is 5.69 Å². The topological polar surface area (TPSA) is 79.5 Å². The van der Waals surface area contributed by atoms with Crippen LogP contribution in [0.15, 0.2) is 79.1 Å². The zero-order valence-corrected chi connectivity index (χ0v) is 13.6. The van der Waals surface area contributed by atoms with Gasteiger partial charge in [-0.05, 0) is 41.0 Å². The average Bonchev–Trinajstić information content (AvgIpc) is 2.67. The number of pyridine rings is 1. The number of nitrogens with zero attached hydrogens (tertiary/aromatic N) is 2. The van der Waals surface area contributed by atoms with Crippen LogP contribution < -0.4 is 10.6 Å². The van der Waals surface area contributed by atoms with Crippen molar-refractivity contribution >= 4 is 11.7 Å². The Hall–Kier alpha value is -3.18. The Bertz CT molecular complexity index is 821. The van der Waals surface area contributed by atoms with Crippen molar-refractivity contribution in [2.75, 3.05) is 11.5 Å². The summed E-state index contributed by atoms with van der Waals surface area (Å²) in [6.45, 7) is -0.223. The summed E-state index contributed by atoms with van der Waals surface area (Å²) in [7, 11) is 0. The molecule has 3 rings (SSSR count). The third-order valence-corrected chi connectivity index (χ3v) is 4.07. The summed E-state index contributed by atoms with van der Waals surface area (Å²) >= 11 is 0. The molecule has 0 aliphatic rings. The SMILES string of the molecule is NC(=O)N(c1ccc(-c2ccncc2)cc1)C(CO)c1ccccc1.